The largest absolute Gasteiger partial charge is 0.394 e. The van der Waals surface area contributed by atoms with E-state index in [9.17, 15) is 25.2 Å². The molecule has 60 heavy (non-hydrogen) atoms. The first-order valence-corrected chi connectivity index (χ1v) is 26.7. The molecule has 4 unspecified atom stereocenters. The molecule has 0 spiro atoms. The number of aliphatic hydroxyl groups excluding tert-OH is 4. The molecule has 6 heteroatoms. The van der Waals surface area contributed by atoms with Gasteiger partial charge in [0.05, 0.1) is 18.8 Å². The van der Waals surface area contributed by atoms with Crippen LogP contribution in [0.5, 0.6) is 0 Å². The van der Waals surface area contributed by atoms with Crippen LogP contribution in [0.3, 0.4) is 0 Å². The Bertz CT molecular complexity index is 909. The van der Waals surface area contributed by atoms with Crippen LogP contribution in [-0.4, -0.2) is 57.3 Å². The highest BCUT2D eigenvalue weighted by molar-refractivity contribution is 5.80. The lowest BCUT2D eigenvalue weighted by atomic mass is 9.99. The third-order valence-electron chi connectivity index (χ3n) is 12.7. The number of aliphatic hydroxyl groups is 4. The summed E-state index contributed by atoms with van der Waals surface area (Å²) in [5.74, 6) is -0.585. The lowest BCUT2D eigenvalue weighted by molar-refractivity contribution is -0.132. The fourth-order valence-corrected chi connectivity index (χ4v) is 8.46. The van der Waals surface area contributed by atoms with Crippen molar-refractivity contribution in [1.82, 2.24) is 5.32 Å². The molecular formula is C54H105NO5. The Morgan fingerprint density at radius 1 is 0.417 bits per heavy atom. The van der Waals surface area contributed by atoms with E-state index >= 15 is 0 Å². The fourth-order valence-electron chi connectivity index (χ4n) is 8.46. The first kappa shape index (κ1) is 58.8. The minimum Gasteiger partial charge on any atom is -0.394 e. The number of rotatable bonds is 49. The van der Waals surface area contributed by atoms with Crippen molar-refractivity contribution in [3.8, 4) is 0 Å². The smallest absolute Gasteiger partial charge is 0.249 e. The Labute approximate surface area is 374 Å². The summed E-state index contributed by atoms with van der Waals surface area (Å²) >= 11 is 0. The summed E-state index contributed by atoms with van der Waals surface area (Å²) in [5, 5.41) is 43.9. The van der Waals surface area contributed by atoms with Crippen LogP contribution in [0.4, 0.5) is 0 Å². The van der Waals surface area contributed by atoms with Crippen LogP contribution in [-0.2, 0) is 4.79 Å². The molecule has 0 aliphatic rings. The average Bonchev–Trinajstić information content (AvgIpc) is 3.25. The van der Waals surface area contributed by atoms with E-state index in [4.69, 9.17) is 0 Å². The summed E-state index contributed by atoms with van der Waals surface area (Å²) in [5.41, 5.74) is 0. The van der Waals surface area contributed by atoms with Crippen molar-refractivity contribution < 1.29 is 25.2 Å². The Balaban J connectivity index is 3.62. The van der Waals surface area contributed by atoms with E-state index in [0.29, 0.717) is 12.8 Å². The van der Waals surface area contributed by atoms with E-state index < -0.39 is 36.9 Å². The van der Waals surface area contributed by atoms with Crippen LogP contribution < -0.4 is 5.32 Å². The molecule has 0 saturated carbocycles. The molecule has 0 bridgehead atoms. The number of carbonyl (C=O) groups excluding carboxylic acids is 1. The average molecular weight is 848 g/mol. The topological polar surface area (TPSA) is 110 Å². The number of nitrogens with one attached hydrogen (secondary N) is 1. The van der Waals surface area contributed by atoms with Crippen molar-refractivity contribution in [1.29, 1.82) is 0 Å². The van der Waals surface area contributed by atoms with Crippen molar-refractivity contribution in [2.24, 2.45) is 0 Å². The van der Waals surface area contributed by atoms with E-state index in [2.05, 4.69) is 43.5 Å². The Kier molecular flexibility index (Phi) is 47.8. The maximum Gasteiger partial charge on any atom is 0.249 e. The van der Waals surface area contributed by atoms with Gasteiger partial charge >= 0.3 is 0 Å². The molecule has 0 aromatic carbocycles. The number of hydrogen-bond acceptors (Lipinski definition) is 5. The molecule has 0 aromatic rings. The number of carbonyl (C=O) groups is 1. The second-order valence-corrected chi connectivity index (χ2v) is 18.6. The lowest BCUT2D eigenvalue weighted by Gasteiger charge is -2.27. The van der Waals surface area contributed by atoms with E-state index in [-0.39, 0.29) is 0 Å². The summed E-state index contributed by atoms with van der Waals surface area (Å²) in [6.45, 7) is 4.05. The molecule has 0 aliphatic heterocycles. The molecule has 5 N–H and O–H groups in total. The van der Waals surface area contributed by atoms with E-state index in [1.807, 2.05) is 0 Å². The quantitative estimate of drug-likeness (QED) is 0.0309. The second kappa shape index (κ2) is 48.8. The van der Waals surface area contributed by atoms with Gasteiger partial charge in [-0.25, -0.2) is 0 Å². The van der Waals surface area contributed by atoms with Crippen LogP contribution in [0.1, 0.15) is 284 Å². The third-order valence-corrected chi connectivity index (χ3v) is 12.7. The SMILES string of the molecule is CCCCC/C=C\C=C/CCCCCCCCCCCC(O)C(=O)NC(CO)C(O)C(O)CCCCCCCCCCCCCCCCCCCCCCCCCCCC. The highest BCUT2D eigenvalue weighted by atomic mass is 16.3. The molecule has 0 aromatic heterocycles. The van der Waals surface area contributed by atoms with Gasteiger partial charge in [0, 0.05) is 0 Å². The zero-order valence-electron chi connectivity index (χ0n) is 40.2. The molecule has 0 saturated heterocycles. The zero-order chi connectivity index (χ0) is 43.8. The first-order valence-electron chi connectivity index (χ1n) is 26.7. The normalized spacial score (nSPS) is 14.0. The van der Waals surface area contributed by atoms with E-state index in [1.54, 1.807) is 0 Å². The van der Waals surface area contributed by atoms with Crippen molar-refractivity contribution >= 4 is 5.91 Å². The van der Waals surface area contributed by atoms with Crippen LogP contribution in [0.2, 0.25) is 0 Å². The number of unbranched alkanes of at least 4 members (excludes halogenated alkanes) is 37. The monoisotopic (exact) mass is 848 g/mol. The van der Waals surface area contributed by atoms with Gasteiger partial charge in [-0.3, -0.25) is 4.79 Å². The Hall–Kier alpha value is -1.21. The van der Waals surface area contributed by atoms with Crippen molar-refractivity contribution in [3.05, 3.63) is 24.3 Å². The number of amides is 1. The van der Waals surface area contributed by atoms with Gasteiger partial charge in [0.2, 0.25) is 5.91 Å². The molecule has 0 aliphatic carbocycles. The molecule has 0 heterocycles. The zero-order valence-corrected chi connectivity index (χ0v) is 40.2. The summed E-state index contributed by atoms with van der Waals surface area (Å²) in [6, 6.07) is -0.987. The highest BCUT2D eigenvalue weighted by Crippen LogP contribution is 2.18. The molecule has 6 nitrogen and oxygen atoms in total. The molecular weight excluding hydrogens is 743 g/mol. The van der Waals surface area contributed by atoms with Gasteiger partial charge in [-0.2, -0.15) is 0 Å². The minimum absolute atomic E-state index is 0.365. The van der Waals surface area contributed by atoms with Gasteiger partial charge in [0.25, 0.3) is 0 Å². The van der Waals surface area contributed by atoms with E-state index in [1.165, 1.54) is 212 Å². The predicted molar refractivity (Wildman–Crippen MR) is 261 cm³/mol. The summed E-state index contributed by atoms with van der Waals surface area (Å²) in [7, 11) is 0. The Morgan fingerprint density at radius 3 is 1.05 bits per heavy atom. The maximum absolute atomic E-state index is 12.6. The molecule has 1 amide bonds. The molecule has 0 fully saturated rings. The van der Waals surface area contributed by atoms with Gasteiger partial charge in [-0.1, -0.05) is 269 Å². The molecule has 356 valence electrons. The minimum atomic E-state index is -1.26. The molecule has 4 atom stereocenters. The number of allylic oxidation sites excluding steroid dienone is 4. The van der Waals surface area contributed by atoms with Crippen LogP contribution in [0.15, 0.2) is 24.3 Å². The predicted octanol–water partition coefficient (Wildman–Crippen LogP) is 15.1. The van der Waals surface area contributed by atoms with Gasteiger partial charge in [0.15, 0.2) is 0 Å². The summed E-state index contributed by atoms with van der Waals surface area (Å²) in [6.07, 6.45) is 58.0. The van der Waals surface area contributed by atoms with E-state index in [0.717, 1.165) is 44.9 Å². The van der Waals surface area contributed by atoms with Crippen molar-refractivity contribution in [3.63, 3.8) is 0 Å². The van der Waals surface area contributed by atoms with Crippen molar-refractivity contribution in [2.75, 3.05) is 6.61 Å². The van der Waals surface area contributed by atoms with Gasteiger partial charge in [0.1, 0.15) is 12.2 Å². The second-order valence-electron chi connectivity index (χ2n) is 18.6. The first-order chi connectivity index (χ1) is 29.5. The number of hydrogen-bond donors (Lipinski definition) is 5. The van der Waals surface area contributed by atoms with Gasteiger partial charge in [-0.05, 0) is 38.5 Å². The van der Waals surface area contributed by atoms with Gasteiger partial charge < -0.3 is 25.7 Å². The highest BCUT2D eigenvalue weighted by Gasteiger charge is 2.28. The molecule has 0 rings (SSSR count). The fraction of sp³-hybridized carbons (Fsp3) is 0.907. The summed E-state index contributed by atoms with van der Waals surface area (Å²) in [4.78, 5) is 12.6. The van der Waals surface area contributed by atoms with Gasteiger partial charge in [-0.15, -0.1) is 0 Å². The van der Waals surface area contributed by atoms with Crippen LogP contribution >= 0.6 is 0 Å². The van der Waals surface area contributed by atoms with Crippen molar-refractivity contribution in [2.45, 2.75) is 308 Å². The Morgan fingerprint density at radius 2 is 0.700 bits per heavy atom. The molecule has 0 radical (unpaired) electrons. The standard InChI is InChI=1S/C54H105NO5/c1-3-5-7-9-11-13-15-17-19-21-23-24-25-26-27-28-29-30-32-33-35-37-39-41-43-45-47-51(57)53(59)50(49-56)55-54(60)52(58)48-46-44-42-40-38-36-34-31-22-20-18-16-14-12-10-8-6-4-2/h12,14,16,18,50-53,56-59H,3-11,13,15,17,19-49H2,1-2H3,(H,55,60)/b14-12-,18-16-. The van der Waals surface area contributed by atoms with Crippen LogP contribution in [0.25, 0.3) is 0 Å². The summed E-state index contributed by atoms with van der Waals surface area (Å²) < 4.78 is 0. The maximum atomic E-state index is 12.6. The van der Waals surface area contributed by atoms with Crippen LogP contribution in [0, 0.1) is 0 Å². The third kappa shape index (κ3) is 42.1. The lowest BCUT2D eigenvalue weighted by Crippen LogP contribution is -2.53.